The number of ether oxygens (including phenoxy) is 1. The number of likely N-dealkylation sites (tertiary alicyclic amines) is 1. The van der Waals surface area contributed by atoms with Crippen molar-refractivity contribution in [1.82, 2.24) is 4.90 Å². The van der Waals surface area contributed by atoms with Crippen LogP contribution in [-0.4, -0.2) is 41.0 Å². The Labute approximate surface area is 175 Å². The molecule has 0 saturated carbocycles. The lowest BCUT2D eigenvalue weighted by atomic mass is 9.98. The van der Waals surface area contributed by atoms with Crippen LogP contribution in [0.4, 0.5) is 5.69 Å². The van der Waals surface area contributed by atoms with Crippen molar-refractivity contribution < 1.29 is 19.4 Å². The third-order valence-electron chi connectivity index (χ3n) is 6.24. The summed E-state index contributed by atoms with van der Waals surface area (Å²) in [6.07, 6.45) is 3.53. The van der Waals surface area contributed by atoms with Crippen LogP contribution in [0.2, 0.25) is 0 Å². The van der Waals surface area contributed by atoms with Gasteiger partial charge in [-0.3, -0.25) is 14.5 Å². The van der Waals surface area contributed by atoms with Crippen LogP contribution in [0.15, 0.2) is 42.5 Å². The first kappa shape index (κ1) is 18.9. The zero-order valence-electron chi connectivity index (χ0n) is 16.7. The quantitative estimate of drug-likeness (QED) is 0.746. The number of nitrogens with one attached hydrogen (secondary N) is 1. The fourth-order valence-corrected chi connectivity index (χ4v) is 4.78. The Kier molecular flexibility index (Phi) is 4.79. The van der Waals surface area contributed by atoms with E-state index >= 15 is 0 Å². The first-order valence-corrected chi connectivity index (χ1v) is 10.5. The number of carbonyl (C=O) groups is 2. The van der Waals surface area contributed by atoms with Gasteiger partial charge in [-0.1, -0.05) is 36.4 Å². The van der Waals surface area contributed by atoms with Crippen molar-refractivity contribution in [2.45, 2.75) is 38.3 Å². The molecule has 5 rings (SSSR count). The summed E-state index contributed by atoms with van der Waals surface area (Å²) in [4.78, 5) is 25.9. The smallest absolute Gasteiger partial charge is 0.320 e. The number of aryl methyl sites for hydroxylation is 1. The molecule has 0 spiro atoms. The summed E-state index contributed by atoms with van der Waals surface area (Å²) in [5.74, 6) is -0.178. The van der Waals surface area contributed by atoms with E-state index in [-0.39, 0.29) is 11.9 Å². The summed E-state index contributed by atoms with van der Waals surface area (Å²) in [5, 5.41) is 12.2. The van der Waals surface area contributed by atoms with E-state index in [9.17, 15) is 14.7 Å². The molecule has 2 aromatic carbocycles. The minimum absolute atomic E-state index is 0.123. The Morgan fingerprint density at radius 3 is 2.93 bits per heavy atom. The molecule has 1 fully saturated rings. The summed E-state index contributed by atoms with van der Waals surface area (Å²) in [5.41, 5.74) is 5.59. The zero-order valence-corrected chi connectivity index (χ0v) is 16.7. The Balaban J connectivity index is 1.32. The van der Waals surface area contributed by atoms with Gasteiger partial charge < -0.3 is 15.2 Å². The van der Waals surface area contributed by atoms with Gasteiger partial charge in [-0.2, -0.15) is 0 Å². The number of aliphatic carboxylic acids is 1. The molecule has 6 heteroatoms. The van der Waals surface area contributed by atoms with E-state index in [1.54, 1.807) is 0 Å². The summed E-state index contributed by atoms with van der Waals surface area (Å²) < 4.78 is 5.96. The molecule has 1 atom stereocenters. The van der Waals surface area contributed by atoms with E-state index in [0.29, 0.717) is 17.9 Å². The summed E-state index contributed by atoms with van der Waals surface area (Å²) >= 11 is 0. The van der Waals surface area contributed by atoms with Crippen LogP contribution in [0.25, 0.3) is 11.3 Å². The average molecular weight is 404 g/mol. The predicted octanol–water partition coefficient (Wildman–Crippen LogP) is 3.52. The Morgan fingerprint density at radius 2 is 2.07 bits per heavy atom. The lowest BCUT2D eigenvalue weighted by Gasteiger charge is -2.20. The van der Waals surface area contributed by atoms with Gasteiger partial charge in [0, 0.05) is 22.4 Å². The molecule has 1 amide bonds. The molecule has 2 aromatic rings. The molecule has 6 nitrogen and oxygen atoms in total. The van der Waals surface area contributed by atoms with E-state index < -0.39 is 5.97 Å². The van der Waals surface area contributed by atoms with Gasteiger partial charge >= 0.3 is 5.97 Å². The number of hydrogen-bond donors (Lipinski definition) is 2. The van der Waals surface area contributed by atoms with E-state index in [2.05, 4.69) is 22.3 Å². The maximum atomic E-state index is 12.5. The first-order chi connectivity index (χ1) is 14.6. The van der Waals surface area contributed by atoms with Crippen LogP contribution in [0.5, 0.6) is 0 Å². The predicted molar refractivity (Wildman–Crippen MR) is 114 cm³/mol. The third kappa shape index (κ3) is 3.27. The summed E-state index contributed by atoms with van der Waals surface area (Å²) in [7, 11) is 0. The highest BCUT2D eigenvalue weighted by Gasteiger charge is 2.32. The monoisotopic (exact) mass is 404 g/mol. The van der Waals surface area contributed by atoms with Crippen LogP contribution < -0.4 is 5.32 Å². The maximum absolute atomic E-state index is 12.5. The number of carbonyl (C=O) groups excluding carboxylic acids is 1. The number of carboxylic acid groups (broad SMARTS) is 1. The van der Waals surface area contributed by atoms with Crippen LogP contribution >= 0.6 is 0 Å². The minimum atomic E-state index is -0.708. The van der Waals surface area contributed by atoms with E-state index in [0.717, 1.165) is 61.2 Å². The summed E-state index contributed by atoms with van der Waals surface area (Å²) in [6, 6.07) is 13.6. The molecule has 0 radical (unpaired) electrons. The molecule has 1 saturated heterocycles. The highest BCUT2D eigenvalue weighted by Crippen LogP contribution is 2.41. The Bertz CT molecular complexity index is 1060. The zero-order chi connectivity index (χ0) is 20.7. The van der Waals surface area contributed by atoms with Crippen molar-refractivity contribution in [2.75, 3.05) is 18.4 Å². The molecule has 30 heavy (non-hydrogen) atoms. The number of rotatable bonds is 5. The second-order valence-electron chi connectivity index (χ2n) is 8.12. The lowest BCUT2D eigenvalue weighted by Crippen LogP contribution is -2.36. The van der Waals surface area contributed by atoms with Gasteiger partial charge in [-0.05, 0) is 50.4 Å². The van der Waals surface area contributed by atoms with E-state index in [1.165, 1.54) is 5.56 Å². The normalized spacial score (nSPS) is 22.5. The van der Waals surface area contributed by atoms with Gasteiger partial charge in [0.2, 0.25) is 0 Å². The van der Waals surface area contributed by atoms with Crippen molar-refractivity contribution in [2.24, 2.45) is 0 Å². The van der Waals surface area contributed by atoms with Crippen molar-refractivity contribution in [1.29, 1.82) is 0 Å². The first-order valence-electron chi connectivity index (χ1n) is 10.5. The van der Waals surface area contributed by atoms with E-state index in [4.69, 9.17) is 4.74 Å². The van der Waals surface area contributed by atoms with Crippen LogP contribution in [0, 0.1) is 0 Å². The molecular weight excluding hydrogens is 380 g/mol. The maximum Gasteiger partial charge on any atom is 0.320 e. The lowest BCUT2D eigenvalue weighted by molar-refractivity contribution is -0.142. The molecule has 2 N–H and O–H groups in total. The highest BCUT2D eigenvalue weighted by molar-refractivity contribution is 6.36. The van der Waals surface area contributed by atoms with Crippen molar-refractivity contribution >= 4 is 28.9 Å². The van der Waals surface area contributed by atoms with Crippen molar-refractivity contribution in [3.8, 4) is 0 Å². The second-order valence-corrected chi connectivity index (χ2v) is 8.12. The second kappa shape index (κ2) is 7.61. The molecule has 3 aliphatic heterocycles. The molecular formula is C24H24N2O4. The van der Waals surface area contributed by atoms with E-state index in [1.807, 2.05) is 30.3 Å². The molecule has 3 heterocycles. The molecule has 154 valence electrons. The van der Waals surface area contributed by atoms with Crippen LogP contribution in [-0.2, 0) is 27.4 Å². The Morgan fingerprint density at radius 1 is 1.20 bits per heavy atom. The van der Waals surface area contributed by atoms with Gasteiger partial charge in [0.1, 0.15) is 18.4 Å². The SMILES string of the molecule is O=C1Nc2ccccc2/C1=C1\OCc2cc(CCCN3CCC[C@H]3C(=O)O)ccc21. The average Bonchev–Trinajstić information content (AvgIpc) is 3.44. The largest absolute Gasteiger partial charge is 0.487 e. The fourth-order valence-electron chi connectivity index (χ4n) is 4.78. The molecule has 0 unspecified atom stereocenters. The number of hydrogen-bond acceptors (Lipinski definition) is 4. The number of anilines is 1. The van der Waals surface area contributed by atoms with Gasteiger partial charge in [-0.25, -0.2) is 0 Å². The van der Waals surface area contributed by atoms with Crippen LogP contribution in [0.3, 0.4) is 0 Å². The van der Waals surface area contributed by atoms with Gasteiger partial charge in [0.15, 0.2) is 0 Å². The topological polar surface area (TPSA) is 78.9 Å². The van der Waals surface area contributed by atoms with Gasteiger partial charge in [0.05, 0.1) is 5.57 Å². The highest BCUT2D eigenvalue weighted by atomic mass is 16.5. The van der Waals surface area contributed by atoms with Crippen molar-refractivity contribution in [3.05, 3.63) is 64.7 Å². The molecule has 0 aliphatic carbocycles. The van der Waals surface area contributed by atoms with Crippen molar-refractivity contribution in [3.63, 3.8) is 0 Å². The molecule has 0 aromatic heterocycles. The Hall–Kier alpha value is -3.12. The van der Waals surface area contributed by atoms with Crippen LogP contribution in [0.1, 0.15) is 41.5 Å². The fraction of sp³-hybridized carbons (Fsp3) is 0.333. The number of nitrogens with zero attached hydrogens (tertiary/aromatic N) is 1. The number of benzene rings is 2. The summed E-state index contributed by atoms with van der Waals surface area (Å²) in [6.45, 7) is 2.14. The molecule has 0 bridgehead atoms. The number of amides is 1. The number of para-hydroxylation sites is 1. The number of carboxylic acids is 1. The number of fused-ring (bicyclic) bond motifs is 2. The minimum Gasteiger partial charge on any atom is -0.487 e. The molecule has 3 aliphatic rings. The standard InChI is InChI=1S/C24H24N2O4/c27-23-21(18-6-1-2-7-19(18)25-23)22-17-10-9-15(13-16(17)14-30-22)5-3-11-26-12-4-8-20(26)24(28)29/h1-2,6-7,9-10,13,20H,3-5,8,11-12,14H2,(H,25,27)(H,28,29)/b22-21+/t20-/m0/s1. The van der Waals surface area contributed by atoms with Gasteiger partial charge in [0.25, 0.3) is 5.91 Å². The van der Waals surface area contributed by atoms with Gasteiger partial charge in [-0.15, -0.1) is 0 Å². The third-order valence-corrected chi connectivity index (χ3v) is 6.24.